The van der Waals surface area contributed by atoms with Gasteiger partial charge in [0.2, 0.25) is 5.91 Å². The number of aliphatic carboxylic acids is 1. The highest BCUT2D eigenvalue weighted by molar-refractivity contribution is 5.79. The van der Waals surface area contributed by atoms with Crippen molar-refractivity contribution < 1.29 is 23.8 Å². The Labute approximate surface area is 118 Å². The van der Waals surface area contributed by atoms with Gasteiger partial charge in [0.15, 0.2) is 5.58 Å². The molecule has 2 N–H and O–H groups in total. The second-order valence-corrected chi connectivity index (χ2v) is 4.22. The first-order chi connectivity index (χ1) is 10.1. The zero-order valence-electron chi connectivity index (χ0n) is 11.1. The lowest BCUT2D eigenvalue weighted by Gasteiger charge is -2.05. The number of aromatic nitrogens is 1. The maximum atomic E-state index is 11.7. The summed E-state index contributed by atoms with van der Waals surface area (Å²) in [6.07, 6.45) is 0. The summed E-state index contributed by atoms with van der Waals surface area (Å²) in [5.74, 6) is -2.06. The van der Waals surface area contributed by atoms with Crippen LogP contribution in [0, 0.1) is 0 Å². The average Bonchev–Trinajstić information content (AvgIpc) is 2.74. The molecule has 8 heteroatoms. The summed E-state index contributed by atoms with van der Waals surface area (Å²) in [5, 5.41) is 10.9. The van der Waals surface area contributed by atoms with Crippen molar-refractivity contribution in [2.24, 2.45) is 0 Å². The van der Waals surface area contributed by atoms with Crippen LogP contribution in [-0.4, -0.2) is 41.3 Å². The molecule has 1 amide bonds. The standard InChI is InChI=1S/C13H14N2O6/c16-11(14-5-6-20-8-12(17)18)7-15-9-3-1-2-4-10(9)21-13(15)19/h1-4H,5-8H2,(H,14,16)(H,17,18). The van der Waals surface area contributed by atoms with Crippen molar-refractivity contribution in [3.8, 4) is 0 Å². The number of ether oxygens (including phenoxy) is 1. The minimum Gasteiger partial charge on any atom is -0.480 e. The molecule has 1 heterocycles. The van der Waals surface area contributed by atoms with Gasteiger partial charge in [-0.25, -0.2) is 9.59 Å². The molecule has 2 aromatic rings. The van der Waals surface area contributed by atoms with Crippen LogP contribution >= 0.6 is 0 Å². The largest absolute Gasteiger partial charge is 0.480 e. The van der Waals surface area contributed by atoms with Crippen LogP contribution in [0.25, 0.3) is 11.1 Å². The first-order valence-electron chi connectivity index (χ1n) is 6.22. The summed E-state index contributed by atoms with van der Waals surface area (Å²) in [6.45, 7) is -0.341. The van der Waals surface area contributed by atoms with Crippen LogP contribution in [0.4, 0.5) is 0 Å². The third-order valence-electron chi connectivity index (χ3n) is 2.67. The molecule has 0 bridgehead atoms. The van der Waals surface area contributed by atoms with Crippen molar-refractivity contribution >= 4 is 23.0 Å². The molecule has 2 rings (SSSR count). The number of nitrogens with one attached hydrogen (secondary N) is 1. The number of benzene rings is 1. The number of carboxylic acid groups (broad SMARTS) is 1. The Balaban J connectivity index is 1.88. The van der Waals surface area contributed by atoms with E-state index < -0.39 is 18.3 Å². The second kappa shape index (κ2) is 6.71. The lowest BCUT2D eigenvalue weighted by Crippen LogP contribution is -2.33. The van der Waals surface area contributed by atoms with E-state index in [0.717, 1.165) is 0 Å². The quantitative estimate of drug-likeness (QED) is 0.685. The first-order valence-corrected chi connectivity index (χ1v) is 6.22. The zero-order chi connectivity index (χ0) is 15.2. The maximum absolute atomic E-state index is 11.7. The first kappa shape index (κ1) is 14.8. The Morgan fingerprint density at radius 1 is 1.33 bits per heavy atom. The lowest BCUT2D eigenvalue weighted by molar-refractivity contribution is -0.142. The number of hydrogen-bond acceptors (Lipinski definition) is 5. The fraction of sp³-hybridized carbons (Fsp3) is 0.308. The third kappa shape index (κ3) is 3.93. The monoisotopic (exact) mass is 294 g/mol. The highest BCUT2D eigenvalue weighted by Gasteiger charge is 2.11. The van der Waals surface area contributed by atoms with Crippen LogP contribution < -0.4 is 11.1 Å². The Bertz CT molecular complexity index is 702. The summed E-state index contributed by atoms with van der Waals surface area (Å²) in [4.78, 5) is 33.6. The third-order valence-corrected chi connectivity index (χ3v) is 2.67. The van der Waals surface area contributed by atoms with E-state index in [1.807, 2.05) is 0 Å². The Kier molecular flexibility index (Phi) is 4.72. The molecule has 8 nitrogen and oxygen atoms in total. The van der Waals surface area contributed by atoms with Crippen LogP contribution in [0.5, 0.6) is 0 Å². The van der Waals surface area contributed by atoms with Crippen LogP contribution in [0.2, 0.25) is 0 Å². The number of fused-ring (bicyclic) bond motifs is 1. The van der Waals surface area contributed by atoms with Gasteiger partial charge in [-0.15, -0.1) is 0 Å². The van der Waals surface area contributed by atoms with Gasteiger partial charge >= 0.3 is 11.7 Å². The van der Waals surface area contributed by atoms with E-state index in [-0.39, 0.29) is 25.6 Å². The molecule has 0 radical (unpaired) electrons. The molecule has 0 atom stereocenters. The Morgan fingerprint density at radius 3 is 2.86 bits per heavy atom. The topological polar surface area (TPSA) is 111 Å². The SMILES string of the molecule is O=C(O)COCCNC(=O)Cn1c(=O)oc2ccccc21. The Hall–Kier alpha value is -2.61. The van der Waals surface area contributed by atoms with E-state index >= 15 is 0 Å². The molecular weight excluding hydrogens is 280 g/mol. The average molecular weight is 294 g/mol. The second-order valence-electron chi connectivity index (χ2n) is 4.22. The molecule has 0 saturated heterocycles. The van der Waals surface area contributed by atoms with Crippen molar-refractivity contribution in [2.75, 3.05) is 19.8 Å². The number of para-hydroxylation sites is 2. The number of rotatable bonds is 7. The van der Waals surface area contributed by atoms with E-state index in [2.05, 4.69) is 5.32 Å². The number of carboxylic acids is 1. The van der Waals surface area contributed by atoms with E-state index in [4.69, 9.17) is 14.3 Å². The molecule has 1 aromatic carbocycles. The number of amides is 1. The summed E-state index contributed by atoms with van der Waals surface area (Å²) in [5.41, 5.74) is 0.958. The van der Waals surface area contributed by atoms with Crippen molar-refractivity contribution in [3.05, 3.63) is 34.8 Å². The lowest BCUT2D eigenvalue weighted by atomic mass is 10.3. The molecule has 0 spiro atoms. The molecule has 0 saturated carbocycles. The molecule has 0 aliphatic carbocycles. The van der Waals surface area contributed by atoms with Gasteiger partial charge in [-0.05, 0) is 12.1 Å². The van der Waals surface area contributed by atoms with Crippen molar-refractivity contribution in [2.45, 2.75) is 6.54 Å². The molecule has 0 fully saturated rings. The van der Waals surface area contributed by atoms with Crippen LogP contribution in [0.3, 0.4) is 0 Å². The van der Waals surface area contributed by atoms with E-state index in [0.29, 0.717) is 11.1 Å². The number of carbonyl (C=O) groups excluding carboxylic acids is 1. The zero-order valence-corrected chi connectivity index (χ0v) is 11.1. The Morgan fingerprint density at radius 2 is 2.10 bits per heavy atom. The maximum Gasteiger partial charge on any atom is 0.420 e. The predicted octanol–water partition coefficient (Wildman–Crippen LogP) is -0.188. The fourth-order valence-corrected chi connectivity index (χ4v) is 1.79. The molecule has 112 valence electrons. The van der Waals surface area contributed by atoms with Crippen LogP contribution in [0.1, 0.15) is 0 Å². The normalized spacial score (nSPS) is 10.7. The highest BCUT2D eigenvalue weighted by atomic mass is 16.5. The van der Waals surface area contributed by atoms with Gasteiger partial charge in [-0.1, -0.05) is 12.1 Å². The number of oxazole rings is 1. The van der Waals surface area contributed by atoms with Gasteiger partial charge in [0.1, 0.15) is 13.2 Å². The summed E-state index contributed by atoms with van der Waals surface area (Å²) < 4.78 is 11.0. The van der Waals surface area contributed by atoms with Gasteiger partial charge in [-0.2, -0.15) is 0 Å². The van der Waals surface area contributed by atoms with Gasteiger partial charge in [0.05, 0.1) is 12.1 Å². The molecule has 0 aliphatic heterocycles. The summed E-state index contributed by atoms with van der Waals surface area (Å²) >= 11 is 0. The van der Waals surface area contributed by atoms with E-state index in [1.54, 1.807) is 24.3 Å². The predicted molar refractivity (Wildman–Crippen MR) is 71.9 cm³/mol. The molecular formula is C13H14N2O6. The van der Waals surface area contributed by atoms with Gasteiger partial charge in [0, 0.05) is 6.54 Å². The summed E-state index contributed by atoms with van der Waals surface area (Å²) in [6, 6.07) is 6.80. The van der Waals surface area contributed by atoms with Gasteiger partial charge < -0.3 is 19.6 Å². The van der Waals surface area contributed by atoms with Gasteiger partial charge in [-0.3, -0.25) is 9.36 Å². The van der Waals surface area contributed by atoms with Crippen molar-refractivity contribution in [1.82, 2.24) is 9.88 Å². The number of hydrogen-bond donors (Lipinski definition) is 2. The fourth-order valence-electron chi connectivity index (χ4n) is 1.79. The van der Waals surface area contributed by atoms with E-state index in [1.165, 1.54) is 4.57 Å². The van der Waals surface area contributed by atoms with Crippen molar-refractivity contribution in [3.63, 3.8) is 0 Å². The molecule has 21 heavy (non-hydrogen) atoms. The van der Waals surface area contributed by atoms with Crippen molar-refractivity contribution in [1.29, 1.82) is 0 Å². The number of carbonyl (C=O) groups is 2. The summed E-state index contributed by atoms with van der Waals surface area (Å²) in [7, 11) is 0. The smallest absolute Gasteiger partial charge is 0.420 e. The van der Waals surface area contributed by atoms with Crippen LogP contribution in [-0.2, 0) is 20.9 Å². The van der Waals surface area contributed by atoms with Crippen LogP contribution in [0.15, 0.2) is 33.5 Å². The van der Waals surface area contributed by atoms with Gasteiger partial charge in [0.25, 0.3) is 0 Å². The number of nitrogens with zero attached hydrogens (tertiary/aromatic N) is 1. The molecule has 0 aliphatic rings. The van der Waals surface area contributed by atoms with E-state index in [9.17, 15) is 14.4 Å². The minimum absolute atomic E-state index is 0.0824. The minimum atomic E-state index is -1.07. The molecule has 0 unspecified atom stereocenters. The highest BCUT2D eigenvalue weighted by Crippen LogP contribution is 2.11. The molecule has 1 aromatic heterocycles.